The summed E-state index contributed by atoms with van der Waals surface area (Å²) in [7, 11) is 3.34. The van der Waals surface area contributed by atoms with Gasteiger partial charge in [-0.3, -0.25) is 4.90 Å². The maximum Gasteiger partial charge on any atom is 0.161 e. The van der Waals surface area contributed by atoms with Crippen LogP contribution in [0.15, 0.2) is 12.1 Å². The van der Waals surface area contributed by atoms with Crippen LogP contribution in [-0.2, 0) is 6.42 Å². The van der Waals surface area contributed by atoms with Gasteiger partial charge in [-0.15, -0.1) is 0 Å². The van der Waals surface area contributed by atoms with E-state index in [4.69, 9.17) is 9.47 Å². The molecule has 3 rings (SSSR count). The van der Waals surface area contributed by atoms with Crippen molar-refractivity contribution in [3.63, 3.8) is 0 Å². The van der Waals surface area contributed by atoms with Gasteiger partial charge in [0.1, 0.15) is 0 Å². The Labute approximate surface area is 140 Å². The lowest BCUT2D eigenvalue weighted by molar-refractivity contribution is 0.0359. The summed E-state index contributed by atoms with van der Waals surface area (Å²) in [6, 6.07) is 4.50. The maximum absolute atomic E-state index is 9.92. The van der Waals surface area contributed by atoms with Crippen molar-refractivity contribution in [1.82, 2.24) is 4.90 Å². The number of nitrogens with zero attached hydrogens (tertiary/aromatic N) is 1. The first kappa shape index (κ1) is 18.1. The smallest absolute Gasteiger partial charge is 0.161 e. The van der Waals surface area contributed by atoms with Crippen LogP contribution in [0.5, 0.6) is 11.5 Å². The molecule has 2 aliphatic heterocycles. The molecular weight excluding hydrogens is 290 g/mol. The first-order chi connectivity index (χ1) is 11.0. The number of benzene rings is 1. The minimum atomic E-state index is -0.180. The topological polar surface area (TPSA) is 41.9 Å². The van der Waals surface area contributed by atoms with Crippen LogP contribution < -0.4 is 9.47 Å². The van der Waals surface area contributed by atoms with Gasteiger partial charge in [0.25, 0.3) is 0 Å². The fourth-order valence-corrected chi connectivity index (χ4v) is 3.31. The zero-order valence-corrected chi connectivity index (χ0v) is 15.1. The van der Waals surface area contributed by atoms with Gasteiger partial charge in [-0.2, -0.15) is 0 Å². The summed E-state index contributed by atoms with van der Waals surface area (Å²) in [6.45, 7) is 8.56. The Morgan fingerprint density at radius 2 is 1.70 bits per heavy atom. The fourth-order valence-electron chi connectivity index (χ4n) is 3.31. The van der Waals surface area contributed by atoms with E-state index < -0.39 is 0 Å². The highest BCUT2D eigenvalue weighted by Gasteiger charge is 2.33. The molecule has 1 aromatic carbocycles. The second-order valence-electron chi connectivity index (χ2n) is 7.12. The third-order valence-corrected chi connectivity index (χ3v) is 4.36. The van der Waals surface area contributed by atoms with E-state index in [1.807, 2.05) is 0 Å². The zero-order valence-electron chi connectivity index (χ0n) is 15.1. The summed E-state index contributed by atoms with van der Waals surface area (Å²) < 4.78 is 10.8. The molecule has 1 N–H and O–H groups in total. The van der Waals surface area contributed by atoms with Crippen molar-refractivity contribution in [1.29, 1.82) is 0 Å². The van der Waals surface area contributed by atoms with Crippen LogP contribution in [-0.4, -0.2) is 43.4 Å². The molecule has 0 amide bonds. The summed E-state index contributed by atoms with van der Waals surface area (Å²) in [5.74, 6) is 2.41. The highest BCUT2D eigenvalue weighted by molar-refractivity contribution is 5.49. The van der Waals surface area contributed by atoms with Crippen LogP contribution in [0.4, 0.5) is 0 Å². The van der Waals surface area contributed by atoms with Crippen LogP contribution in [0.2, 0.25) is 0 Å². The number of hydrogen-bond acceptors (Lipinski definition) is 4. The molecule has 0 bridgehead atoms. The Morgan fingerprint density at radius 3 is 2.30 bits per heavy atom. The average molecular weight is 321 g/mol. The largest absolute Gasteiger partial charge is 0.493 e. The quantitative estimate of drug-likeness (QED) is 0.906. The number of aliphatic hydroxyl groups is 1. The van der Waals surface area contributed by atoms with Crippen LogP contribution in [0.3, 0.4) is 0 Å². The van der Waals surface area contributed by atoms with Gasteiger partial charge in [0, 0.05) is 19.1 Å². The minimum absolute atomic E-state index is 0.180. The van der Waals surface area contributed by atoms with Crippen molar-refractivity contribution in [2.75, 3.05) is 27.3 Å². The Balaban J connectivity index is 0.000000433. The number of ether oxygens (including phenoxy) is 2. The summed E-state index contributed by atoms with van der Waals surface area (Å²) in [4.78, 5) is 2.47. The number of hydrogen-bond donors (Lipinski definition) is 1. The lowest BCUT2D eigenvalue weighted by Crippen LogP contribution is -2.42. The molecule has 2 aliphatic rings. The molecule has 1 fully saturated rings. The van der Waals surface area contributed by atoms with E-state index in [0.29, 0.717) is 6.04 Å². The summed E-state index contributed by atoms with van der Waals surface area (Å²) in [5, 5.41) is 9.92. The highest BCUT2D eigenvalue weighted by atomic mass is 16.5. The van der Waals surface area contributed by atoms with E-state index in [1.54, 1.807) is 14.2 Å². The highest BCUT2D eigenvalue weighted by Crippen LogP contribution is 2.41. The summed E-state index contributed by atoms with van der Waals surface area (Å²) in [5.41, 5.74) is 2.62. The normalized spacial score (nSPS) is 23.4. The van der Waals surface area contributed by atoms with E-state index in [-0.39, 0.29) is 6.10 Å². The van der Waals surface area contributed by atoms with Crippen LogP contribution >= 0.6 is 0 Å². The van der Waals surface area contributed by atoms with E-state index in [0.717, 1.165) is 49.8 Å². The molecule has 1 saturated heterocycles. The molecule has 2 heterocycles. The SMILES string of the molecule is CC(C)C.COc1cc2c(cc1OC)C1CC(O)CCN1CC2. The van der Waals surface area contributed by atoms with Gasteiger partial charge in [0.05, 0.1) is 20.3 Å². The Hall–Kier alpha value is -1.26. The first-order valence-corrected chi connectivity index (χ1v) is 8.63. The Morgan fingerprint density at radius 1 is 1.09 bits per heavy atom. The maximum atomic E-state index is 9.92. The molecule has 0 saturated carbocycles. The van der Waals surface area contributed by atoms with Crippen molar-refractivity contribution in [3.05, 3.63) is 23.3 Å². The number of methoxy groups -OCH3 is 2. The van der Waals surface area contributed by atoms with Gasteiger partial charge in [0.15, 0.2) is 11.5 Å². The minimum Gasteiger partial charge on any atom is -0.493 e. The lowest BCUT2D eigenvalue weighted by atomic mass is 9.85. The predicted octanol–water partition coefficient (Wildman–Crippen LogP) is 3.42. The van der Waals surface area contributed by atoms with E-state index in [1.165, 1.54) is 11.1 Å². The Bertz CT molecular complexity index is 513. The zero-order chi connectivity index (χ0) is 17.0. The number of aliphatic hydroxyl groups excluding tert-OH is 1. The third-order valence-electron chi connectivity index (χ3n) is 4.36. The fraction of sp³-hybridized carbons (Fsp3) is 0.684. The van der Waals surface area contributed by atoms with Crippen molar-refractivity contribution in [2.45, 2.75) is 52.2 Å². The van der Waals surface area contributed by atoms with Gasteiger partial charge in [0.2, 0.25) is 0 Å². The molecule has 2 unspecified atom stereocenters. The second kappa shape index (κ2) is 8.02. The first-order valence-electron chi connectivity index (χ1n) is 8.63. The van der Waals surface area contributed by atoms with Gasteiger partial charge in [-0.25, -0.2) is 0 Å². The van der Waals surface area contributed by atoms with Gasteiger partial charge >= 0.3 is 0 Å². The third kappa shape index (κ3) is 4.39. The molecule has 1 aromatic rings. The van der Waals surface area contributed by atoms with Gasteiger partial charge < -0.3 is 14.6 Å². The van der Waals surface area contributed by atoms with Crippen molar-refractivity contribution in [2.24, 2.45) is 5.92 Å². The van der Waals surface area contributed by atoms with E-state index in [9.17, 15) is 5.11 Å². The van der Waals surface area contributed by atoms with Crippen LogP contribution in [0.25, 0.3) is 0 Å². The molecule has 0 aliphatic carbocycles. The van der Waals surface area contributed by atoms with E-state index in [2.05, 4.69) is 37.8 Å². The molecule has 130 valence electrons. The molecule has 0 aromatic heterocycles. The van der Waals surface area contributed by atoms with Gasteiger partial charge in [-0.1, -0.05) is 20.8 Å². The second-order valence-corrected chi connectivity index (χ2v) is 7.12. The average Bonchev–Trinajstić information content (AvgIpc) is 2.52. The predicted molar refractivity (Wildman–Crippen MR) is 93.3 cm³/mol. The number of rotatable bonds is 2. The van der Waals surface area contributed by atoms with Crippen molar-refractivity contribution in [3.8, 4) is 11.5 Å². The molecule has 0 radical (unpaired) electrons. The molecule has 4 nitrogen and oxygen atoms in total. The van der Waals surface area contributed by atoms with Crippen LogP contribution in [0, 0.1) is 5.92 Å². The summed E-state index contributed by atoms with van der Waals surface area (Å²) in [6.07, 6.45) is 2.57. The van der Waals surface area contributed by atoms with Crippen LogP contribution in [0.1, 0.15) is 50.8 Å². The molecule has 23 heavy (non-hydrogen) atoms. The van der Waals surface area contributed by atoms with Crippen molar-refractivity contribution < 1.29 is 14.6 Å². The monoisotopic (exact) mass is 321 g/mol. The lowest BCUT2D eigenvalue weighted by Gasteiger charge is -2.42. The molecular formula is C19H31NO3. The van der Waals surface area contributed by atoms with E-state index >= 15 is 0 Å². The Kier molecular flexibility index (Phi) is 6.31. The molecule has 2 atom stereocenters. The van der Waals surface area contributed by atoms with Crippen molar-refractivity contribution >= 4 is 0 Å². The molecule has 4 heteroatoms. The van der Waals surface area contributed by atoms with Gasteiger partial charge in [-0.05, 0) is 48.4 Å². The molecule has 0 spiro atoms. The standard InChI is InChI=1S/C15H21NO3.C4H10/c1-18-14-7-10-3-5-16-6-4-11(17)8-13(16)12(10)9-15(14)19-2;1-4(2)3/h7,9,11,13,17H,3-6,8H2,1-2H3;4H,1-3H3. The number of piperidine rings is 1. The summed E-state index contributed by atoms with van der Waals surface area (Å²) >= 11 is 0. The number of fused-ring (bicyclic) bond motifs is 3.